The van der Waals surface area contributed by atoms with Gasteiger partial charge in [-0.25, -0.2) is 0 Å². The van der Waals surface area contributed by atoms with Gasteiger partial charge in [-0.1, -0.05) is 51.8 Å². The number of unbranched alkanes of at least 4 members (excludes halogenated alkanes) is 1. The minimum atomic E-state index is -0.503. The monoisotopic (exact) mass is 367 g/mol. The van der Waals surface area contributed by atoms with Crippen molar-refractivity contribution in [3.05, 3.63) is 29.3 Å². The first-order valence-electron chi connectivity index (χ1n) is 9.37. The minimum Gasteiger partial charge on any atom is -0.353 e. The number of carbonyl (C=O) groups excluding carboxylic acids is 1. The quantitative estimate of drug-likeness (QED) is 0.610. The fourth-order valence-corrected chi connectivity index (χ4v) is 3.48. The summed E-state index contributed by atoms with van der Waals surface area (Å²) in [5.41, 5.74) is 3.35. The van der Waals surface area contributed by atoms with Crippen LogP contribution in [0, 0.1) is 0 Å². The number of para-hydroxylation sites is 1. The number of rotatable bonds is 9. The molecule has 0 saturated carbocycles. The topological polar surface area (TPSA) is 38.8 Å². The highest BCUT2D eigenvalue weighted by molar-refractivity contribution is 6.32. The molecule has 1 aliphatic heterocycles. The largest absolute Gasteiger partial charge is 0.353 e. The van der Waals surface area contributed by atoms with Crippen LogP contribution in [-0.2, 0) is 27.1 Å². The summed E-state index contributed by atoms with van der Waals surface area (Å²) in [7, 11) is 0. The van der Waals surface area contributed by atoms with E-state index in [1.807, 2.05) is 4.90 Å². The third-order valence-electron chi connectivity index (χ3n) is 4.66. The van der Waals surface area contributed by atoms with Crippen molar-refractivity contribution in [3.63, 3.8) is 0 Å². The van der Waals surface area contributed by atoms with E-state index in [2.05, 4.69) is 39.0 Å². The summed E-state index contributed by atoms with van der Waals surface area (Å²) in [6.07, 6.45) is 4.32. The Morgan fingerprint density at radius 3 is 2.48 bits per heavy atom. The van der Waals surface area contributed by atoms with Crippen LogP contribution >= 0.6 is 11.6 Å². The summed E-state index contributed by atoms with van der Waals surface area (Å²) in [4.78, 5) is 15.0. The number of carbonyl (C=O) groups is 1. The van der Waals surface area contributed by atoms with Gasteiger partial charge in [0.2, 0.25) is 5.91 Å². The van der Waals surface area contributed by atoms with Gasteiger partial charge in [0.05, 0.1) is 18.8 Å². The molecule has 1 saturated heterocycles. The molecule has 1 fully saturated rings. The molecule has 2 atom stereocenters. The van der Waals surface area contributed by atoms with Crippen LogP contribution in [0.3, 0.4) is 0 Å². The Balaban J connectivity index is 2.35. The van der Waals surface area contributed by atoms with E-state index in [9.17, 15) is 4.79 Å². The number of alkyl halides is 1. The number of anilines is 1. The van der Waals surface area contributed by atoms with Gasteiger partial charge in [-0.2, -0.15) is 0 Å². The predicted octanol–water partition coefficient (Wildman–Crippen LogP) is 4.31. The number of hydrogen-bond acceptors (Lipinski definition) is 3. The van der Waals surface area contributed by atoms with Gasteiger partial charge in [0.15, 0.2) is 0 Å². The normalized spacial score (nSPS) is 18.3. The fraction of sp³-hybridized carbons (Fsp3) is 0.650. The van der Waals surface area contributed by atoms with E-state index in [0.717, 1.165) is 31.4 Å². The molecule has 1 heterocycles. The van der Waals surface area contributed by atoms with Crippen LogP contribution in [0.2, 0.25) is 0 Å². The van der Waals surface area contributed by atoms with Crippen molar-refractivity contribution in [2.24, 2.45) is 0 Å². The van der Waals surface area contributed by atoms with Crippen molar-refractivity contribution < 1.29 is 14.3 Å². The smallest absolute Gasteiger partial charge is 0.245 e. The van der Waals surface area contributed by atoms with Crippen molar-refractivity contribution in [2.75, 3.05) is 24.8 Å². The molecule has 1 aromatic rings. The van der Waals surface area contributed by atoms with Crippen molar-refractivity contribution in [1.29, 1.82) is 0 Å². The Morgan fingerprint density at radius 1 is 1.28 bits per heavy atom. The molecule has 0 radical (unpaired) electrons. The van der Waals surface area contributed by atoms with Crippen LogP contribution in [0.25, 0.3) is 0 Å². The molecule has 0 spiro atoms. The van der Waals surface area contributed by atoms with Crippen molar-refractivity contribution in [2.45, 2.75) is 64.4 Å². The standard InChI is InChI=1S/C20H30ClNO3/c1-4-7-11-18(21)20(23)22(12-17-13-24-14-25-17)19-15(5-2)9-8-10-16(19)6-3/h8-10,17-18H,4-7,11-14H2,1-3H3. The number of amides is 1. The number of hydrogen-bond donors (Lipinski definition) is 0. The molecule has 1 amide bonds. The molecule has 2 unspecified atom stereocenters. The minimum absolute atomic E-state index is 0.0267. The summed E-state index contributed by atoms with van der Waals surface area (Å²) >= 11 is 6.47. The number of aryl methyl sites for hydroxylation is 2. The predicted molar refractivity (Wildman–Crippen MR) is 102 cm³/mol. The van der Waals surface area contributed by atoms with Gasteiger partial charge >= 0.3 is 0 Å². The molecule has 140 valence electrons. The summed E-state index contributed by atoms with van der Waals surface area (Å²) in [5.74, 6) is -0.0267. The molecule has 0 N–H and O–H groups in total. The van der Waals surface area contributed by atoms with E-state index in [-0.39, 0.29) is 12.0 Å². The number of benzene rings is 1. The van der Waals surface area contributed by atoms with E-state index in [0.29, 0.717) is 26.4 Å². The number of ether oxygens (including phenoxy) is 2. The molecule has 1 aliphatic rings. The summed E-state index contributed by atoms with van der Waals surface area (Å²) < 4.78 is 10.9. The molecule has 1 aromatic carbocycles. The van der Waals surface area contributed by atoms with E-state index in [4.69, 9.17) is 21.1 Å². The van der Waals surface area contributed by atoms with Crippen LogP contribution in [0.4, 0.5) is 5.69 Å². The van der Waals surface area contributed by atoms with E-state index >= 15 is 0 Å². The molecule has 0 aromatic heterocycles. The molecule has 0 aliphatic carbocycles. The zero-order valence-corrected chi connectivity index (χ0v) is 16.3. The Morgan fingerprint density at radius 2 is 1.96 bits per heavy atom. The third-order valence-corrected chi connectivity index (χ3v) is 5.06. The lowest BCUT2D eigenvalue weighted by molar-refractivity contribution is -0.118. The number of nitrogens with zero attached hydrogens (tertiary/aromatic N) is 1. The van der Waals surface area contributed by atoms with Crippen LogP contribution in [0.5, 0.6) is 0 Å². The van der Waals surface area contributed by atoms with Crippen LogP contribution in [0.15, 0.2) is 18.2 Å². The van der Waals surface area contributed by atoms with Crippen molar-refractivity contribution in [1.82, 2.24) is 0 Å². The Labute approximate surface area is 156 Å². The highest BCUT2D eigenvalue weighted by atomic mass is 35.5. The van der Waals surface area contributed by atoms with E-state index in [1.165, 1.54) is 11.1 Å². The van der Waals surface area contributed by atoms with Gasteiger partial charge < -0.3 is 14.4 Å². The highest BCUT2D eigenvalue weighted by Gasteiger charge is 2.30. The summed E-state index contributed by atoms with van der Waals surface area (Å²) in [6, 6.07) is 6.25. The summed E-state index contributed by atoms with van der Waals surface area (Å²) in [6.45, 7) is 7.64. The maximum Gasteiger partial charge on any atom is 0.245 e. The van der Waals surface area contributed by atoms with Crippen molar-refractivity contribution >= 4 is 23.2 Å². The zero-order valence-electron chi connectivity index (χ0n) is 15.6. The molecular formula is C20H30ClNO3. The lowest BCUT2D eigenvalue weighted by Crippen LogP contribution is -2.43. The molecule has 5 heteroatoms. The van der Waals surface area contributed by atoms with E-state index < -0.39 is 5.38 Å². The fourth-order valence-electron chi connectivity index (χ4n) is 3.21. The Hall–Kier alpha value is -1.10. The third kappa shape index (κ3) is 5.19. The van der Waals surface area contributed by atoms with Crippen LogP contribution in [-0.4, -0.2) is 37.3 Å². The van der Waals surface area contributed by atoms with E-state index in [1.54, 1.807) is 0 Å². The van der Waals surface area contributed by atoms with Gasteiger partial charge in [0.25, 0.3) is 0 Å². The second-order valence-electron chi connectivity index (χ2n) is 6.47. The highest BCUT2D eigenvalue weighted by Crippen LogP contribution is 2.30. The first-order valence-corrected chi connectivity index (χ1v) is 9.81. The van der Waals surface area contributed by atoms with Gasteiger partial charge in [-0.3, -0.25) is 4.79 Å². The molecule has 0 bridgehead atoms. The van der Waals surface area contributed by atoms with Crippen LogP contribution < -0.4 is 4.90 Å². The lowest BCUT2D eigenvalue weighted by Gasteiger charge is -2.30. The SMILES string of the molecule is CCCCC(Cl)C(=O)N(CC1COCO1)c1c(CC)cccc1CC. The van der Waals surface area contributed by atoms with Gasteiger partial charge in [-0.15, -0.1) is 11.6 Å². The first kappa shape index (κ1) is 20.2. The Kier molecular flexibility index (Phi) is 8.20. The molecule has 25 heavy (non-hydrogen) atoms. The Bertz CT molecular complexity index is 536. The zero-order chi connectivity index (χ0) is 18.2. The molecule has 2 rings (SSSR count). The average Bonchev–Trinajstić information content (AvgIpc) is 3.16. The van der Waals surface area contributed by atoms with Gasteiger partial charge in [0.1, 0.15) is 18.3 Å². The maximum atomic E-state index is 13.2. The van der Waals surface area contributed by atoms with Crippen molar-refractivity contribution in [3.8, 4) is 0 Å². The van der Waals surface area contributed by atoms with Crippen LogP contribution in [0.1, 0.15) is 51.2 Å². The van der Waals surface area contributed by atoms with Gasteiger partial charge in [0, 0.05) is 0 Å². The molecular weight excluding hydrogens is 338 g/mol. The maximum absolute atomic E-state index is 13.2. The lowest BCUT2D eigenvalue weighted by atomic mass is 10.0. The summed E-state index contributed by atoms with van der Waals surface area (Å²) in [5, 5.41) is -0.503. The first-order chi connectivity index (χ1) is 12.1. The second kappa shape index (κ2) is 10.1. The molecule has 4 nitrogen and oxygen atoms in total. The second-order valence-corrected chi connectivity index (χ2v) is 6.99. The average molecular weight is 368 g/mol. The number of halogens is 1. The van der Waals surface area contributed by atoms with Gasteiger partial charge in [-0.05, 0) is 30.4 Å².